The summed E-state index contributed by atoms with van der Waals surface area (Å²) in [5.74, 6) is -0.166. The molecule has 2 heterocycles. The molecule has 23 heavy (non-hydrogen) atoms. The second kappa shape index (κ2) is 5.15. The van der Waals surface area contributed by atoms with Crippen LogP contribution in [-0.2, 0) is 11.3 Å². The maximum atomic E-state index is 13.2. The highest BCUT2D eigenvalue weighted by Gasteiger charge is 2.43. The molecular weight excluding hydrogens is 291 g/mol. The number of halogens is 1. The molecule has 2 atom stereocenters. The van der Waals surface area contributed by atoms with Crippen LogP contribution in [-0.4, -0.2) is 15.8 Å². The molecule has 1 aliphatic heterocycles. The zero-order valence-corrected chi connectivity index (χ0v) is 13.1. The van der Waals surface area contributed by atoms with Gasteiger partial charge in [0.1, 0.15) is 12.1 Å². The number of benzene rings is 1. The number of hydrogen-bond acceptors (Lipinski definition) is 2. The first kappa shape index (κ1) is 14.4. The fourth-order valence-corrected chi connectivity index (χ4v) is 4.05. The van der Waals surface area contributed by atoms with E-state index in [1.807, 2.05) is 6.33 Å². The van der Waals surface area contributed by atoms with Crippen LogP contribution in [0.5, 0.6) is 0 Å². The van der Waals surface area contributed by atoms with Crippen molar-refractivity contribution in [3.05, 3.63) is 47.7 Å². The summed E-state index contributed by atoms with van der Waals surface area (Å²) in [5, 5.41) is 0. The van der Waals surface area contributed by atoms with Gasteiger partial charge in [-0.3, -0.25) is 0 Å². The lowest BCUT2D eigenvalue weighted by molar-refractivity contribution is -0.115. The molecule has 0 spiro atoms. The quantitative estimate of drug-likeness (QED) is 0.783. The van der Waals surface area contributed by atoms with E-state index in [1.165, 1.54) is 17.7 Å². The number of fused-ring (bicyclic) bond motifs is 2. The first-order valence-corrected chi connectivity index (χ1v) is 8.09. The normalized spacial score (nSPS) is 26.2. The van der Waals surface area contributed by atoms with Crippen LogP contribution in [0.25, 0.3) is 17.3 Å². The summed E-state index contributed by atoms with van der Waals surface area (Å²) in [7, 11) is 0. The van der Waals surface area contributed by atoms with E-state index in [0.717, 1.165) is 49.0 Å². The predicted molar refractivity (Wildman–Crippen MR) is 87.1 cm³/mol. The highest BCUT2D eigenvalue weighted by molar-refractivity contribution is 5.73. The maximum Gasteiger partial charge on any atom is 0.124 e. The SMILES string of the molecule is C[C@]12Cn3cnc(-c4ccc(F)cc4)c3C=C1CCCC2C=O. The Balaban J connectivity index is 1.80. The third kappa shape index (κ3) is 2.16. The highest BCUT2D eigenvalue weighted by Crippen LogP contribution is 2.49. The number of allylic oxidation sites excluding steroid dienone is 1. The summed E-state index contributed by atoms with van der Waals surface area (Å²) < 4.78 is 15.3. The van der Waals surface area contributed by atoms with Gasteiger partial charge in [-0.05, 0) is 49.6 Å². The Hall–Kier alpha value is -2.23. The van der Waals surface area contributed by atoms with Gasteiger partial charge >= 0.3 is 0 Å². The zero-order valence-electron chi connectivity index (χ0n) is 13.1. The number of aromatic nitrogens is 2. The van der Waals surface area contributed by atoms with Gasteiger partial charge in [0.15, 0.2) is 0 Å². The minimum Gasteiger partial charge on any atom is -0.330 e. The first-order valence-electron chi connectivity index (χ1n) is 8.09. The van der Waals surface area contributed by atoms with E-state index in [-0.39, 0.29) is 17.2 Å². The van der Waals surface area contributed by atoms with E-state index in [0.29, 0.717) is 0 Å². The molecule has 2 aliphatic rings. The van der Waals surface area contributed by atoms with Crippen LogP contribution in [0.15, 0.2) is 36.2 Å². The van der Waals surface area contributed by atoms with Crippen LogP contribution in [0.4, 0.5) is 4.39 Å². The summed E-state index contributed by atoms with van der Waals surface area (Å²) in [6.07, 6.45) is 8.22. The molecule has 0 radical (unpaired) electrons. The van der Waals surface area contributed by atoms with E-state index in [9.17, 15) is 9.18 Å². The molecule has 0 N–H and O–H groups in total. The van der Waals surface area contributed by atoms with E-state index < -0.39 is 0 Å². The van der Waals surface area contributed by atoms with E-state index in [4.69, 9.17) is 0 Å². The number of hydrogen-bond donors (Lipinski definition) is 0. The molecule has 1 aliphatic carbocycles. The largest absolute Gasteiger partial charge is 0.330 e. The molecule has 4 rings (SSSR count). The molecule has 118 valence electrons. The van der Waals surface area contributed by atoms with Crippen molar-refractivity contribution in [2.24, 2.45) is 11.3 Å². The van der Waals surface area contributed by atoms with Gasteiger partial charge in [0.25, 0.3) is 0 Å². The fraction of sp³-hybridized carbons (Fsp3) is 0.368. The smallest absolute Gasteiger partial charge is 0.124 e. The summed E-state index contributed by atoms with van der Waals surface area (Å²) >= 11 is 0. The van der Waals surface area contributed by atoms with Crippen LogP contribution in [0.2, 0.25) is 0 Å². The lowest BCUT2D eigenvalue weighted by Crippen LogP contribution is -2.40. The predicted octanol–water partition coefficient (Wildman–Crippen LogP) is 4.09. The summed E-state index contributed by atoms with van der Waals surface area (Å²) in [4.78, 5) is 16.0. The minimum atomic E-state index is -0.242. The Labute approximate surface area is 134 Å². The number of carbonyl (C=O) groups excluding carboxylic acids is 1. The fourth-order valence-electron chi connectivity index (χ4n) is 4.05. The number of nitrogens with zero attached hydrogens (tertiary/aromatic N) is 2. The van der Waals surface area contributed by atoms with Gasteiger partial charge in [0.2, 0.25) is 0 Å². The number of imidazole rings is 1. The van der Waals surface area contributed by atoms with Crippen LogP contribution >= 0.6 is 0 Å². The standard InChI is InChI=1S/C19H19FN2O/c1-19-11-22-12-21-18(13-5-7-16(20)8-6-13)17(22)9-14(19)3-2-4-15(19)10-23/h5-10,12,15H,2-4,11H2,1H3/t15?,19-/m0/s1. The molecule has 0 amide bonds. The third-order valence-corrected chi connectivity index (χ3v) is 5.48. The summed E-state index contributed by atoms with van der Waals surface area (Å²) in [6, 6.07) is 6.45. The second-order valence-corrected chi connectivity index (χ2v) is 6.84. The molecule has 1 fully saturated rings. The van der Waals surface area contributed by atoms with Crippen molar-refractivity contribution < 1.29 is 9.18 Å². The molecule has 0 saturated heterocycles. The van der Waals surface area contributed by atoms with Gasteiger partial charge in [-0.1, -0.05) is 12.5 Å². The third-order valence-electron chi connectivity index (χ3n) is 5.48. The topological polar surface area (TPSA) is 34.9 Å². The van der Waals surface area contributed by atoms with Crippen molar-refractivity contribution in [2.75, 3.05) is 0 Å². The second-order valence-electron chi connectivity index (χ2n) is 6.84. The van der Waals surface area contributed by atoms with E-state index in [1.54, 1.807) is 12.1 Å². The summed E-state index contributed by atoms with van der Waals surface area (Å²) in [5.41, 5.74) is 4.11. The number of carbonyl (C=O) groups is 1. The van der Waals surface area contributed by atoms with Crippen molar-refractivity contribution in [1.82, 2.24) is 9.55 Å². The average molecular weight is 310 g/mol. The van der Waals surface area contributed by atoms with Crippen LogP contribution < -0.4 is 0 Å². The molecule has 4 heteroatoms. The number of rotatable bonds is 2. The van der Waals surface area contributed by atoms with Gasteiger partial charge < -0.3 is 9.36 Å². The highest BCUT2D eigenvalue weighted by atomic mass is 19.1. The molecule has 0 bridgehead atoms. The number of aldehydes is 1. The minimum absolute atomic E-state index is 0.0762. The molecule has 2 aromatic rings. The van der Waals surface area contributed by atoms with E-state index >= 15 is 0 Å². The zero-order chi connectivity index (χ0) is 16.0. The molecule has 1 aromatic carbocycles. The van der Waals surface area contributed by atoms with Crippen LogP contribution in [0.3, 0.4) is 0 Å². The van der Waals surface area contributed by atoms with Gasteiger partial charge in [-0.25, -0.2) is 9.37 Å². The van der Waals surface area contributed by atoms with Crippen molar-refractivity contribution in [2.45, 2.75) is 32.7 Å². The molecule has 3 nitrogen and oxygen atoms in total. The van der Waals surface area contributed by atoms with Crippen LogP contribution in [0, 0.1) is 17.2 Å². The lowest BCUT2D eigenvalue weighted by atomic mass is 9.63. The van der Waals surface area contributed by atoms with Crippen molar-refractivity contribution >= 4 is 12.4 Å². The Morgan fingerprint density at radius 1 is 1.35 bits per heavy atom. The molecule has 1 saturated carbocycles. The van der Waals surface area contributed by atoms with E-state index in [2.05, 4.69) is 22.6 Å². The Bertz CT molecular complexity index is 790. The maximum absolute atomic E-state index is 13.2. The Kier molecular flexibility index (Phi) is 3.22. The molecule has 1 unspecified atom stereocenters. The van der Waals surface area contributed by atoms with Gasteiger partial charge in [-0.2, -0.15) is 0 Å². The van der Waals surface area contributed by atoms with Gasteiger partial charge in [-0.15, -0.1) is 0 Å². The first-order chi connectivity index (χ1) is 11.1. The summed E-state index contributed by atoms with van der Waals surface area (Å²) in [6.45, 7) is 2.98. The van der Waals surface area contributed by atoms with Crippen LogP contribution in [0.1, 0.15) is 31.9 Å². The Morgan fingerprint density at radius 2 is 2.13 bits per heavy atom. The van der Waals surface area contributed by atoms with Gasteiger partial charge in [0.05, 0.1) is 17.7 Å². The average Bonchev–Trinajstić information content (AvgIpc) is 2.94. The van der Waals surface area contributed by atoms with Crippen molar-refractivity contribution in [1.29, 1.82) is 0 Å². The molecular formula is C19H19FN2O. The van der Waals surface area contributed by atoms with Gasteiger partial charge in [0, 0.05) is 23.4 Å². The monoisotopic (exact) mass is 310 g/mol. The Morgan fingerprint density at radius 3 is 2.87 bits per heavy atom. The van der Waals surface area contributed by atoms with Crippen molar-refractivity contribution in [3.8, 4) is 11.3 Å². The van der Waals surface area contributed by atoms with Crippen molar-refractivity contribution in [3.63, 3.8) is 0 Å². The lowest BCUT2D eigenvalue weighted by Gasteiger charge is -2.44. The molecule has 1 aromatic heterocycles.